The van der Waals surface area contributed by atoms with Crippen LogP contribution in [0.25, 0.3) is 160 Å². The van der Waals surface area contributed by atoms with Gasteiger partial charge in [0.25, 0.3) is 0 Å². The topological polar surface area (TPSA) is 148 Å². The number of aliphatic carboxylic acids is 1. The number of carboxylic acid groups (broad SMARTS) is 1. The maximum atomic E-state index is 10.5. The molecule has 0 N–H and O–H groups in total. The van der Waals surface area contributed by atoms with E-state index in [0.29, 0.717) is 28.0 Å². The summed E-state index contributed by atoms with van der Waals surface area (Å²) in [5.41, 5.74) is 33.6. The van der Waals surface area contributed by atoms with Crippen LogP contribution in [0.15, 0.2) is 182 Å². The van der Waals surface area contributed by atoms with Crippen molar-refractivity contribution in [1.29, 1.82) is 0 Å². The van der Waals surface area contributed by atoms with Crippen molar-refractivity contribution in [3.05, 3.63) is 290 Å². The monoisotopic (exact) mass is 1810 g/mol. The number of carboxylic acids is 1. The van der Waals surface area contributed by atoms with Crippen molar-refractivity contribution in [1.82, 2.24) is 39.9 Å². The predicted octanol–water partition coefficient (Wildman–Crippen LogP) is 27.4. The van der Waals surface area contributed by atoms with Crippen LogP contribution >= 0.6 is 0 Å². The number of fused-ring (bicyclic) bond motifs is 16. The van der Waals surface area contributed by atoms with E-state index in [9.17, 15) is 13.2 Å². The van der Waals surface area contributed by atoms with Crippen LogP contribution in [-0.2, 0) is 81.1 Å². The van der Waals surface area contributed by atoms with Crippen molar-refractivity contribution in [2.45, 2.75) is 216 Å². The molecule has 6 aromatic heterocycles. The Morgan fingerprint density at radius 3 is 0.769 bits per heavy atom. The van der Waals surface area contributed by atoms with E-state index < -0.39 is 12.1 Å². The van der Waals surface area contributed by atoms with Gasteiger partial charge in [-0.1, -0.05) is 342 Å². The molecular formula is C115H111F3N8Ni2O2. The number of rotatable bonds is 7. The molecule has 0 atom stereocenters. The van der Waals surface area contributed by atoms with E-state index in [0.717, 1.165) is 140 Å². The van der Waals surface area contributed by atoms with Gasteiger partial charge in [-0.05, 0) is 215 Å². The summed E-state index contributed by atoms with van der Waals surface area (Å²) in [7, 11) is 0. The van der Waals surface area contributed by atoms with Crippen LogP contribution in [0.1, 0.15) is 267 Å². The van der Waals surface area contributed by atoms with Gasteiger partial charge in [-0.2, -0.15) is 18.2 Å². The summed E-state index contributed by atoms with van der Waals surface area (Å²) >= 11 is 0. The smallest absolute Gasteiger partial charge is 0.657 e. The van der Waals surface area contributed by atoms with Crippen LogP contribution in [0.5, 0.6) is 0 Å². The maximum absolute atomic E-state index is 10.5. The van der Waals surface area contributed by atoms with Crippen LogP contribution in [0.3, 0.4) is 0 Å². The molecule has 0 amide bonds. The molecule has 0 aliphatic carbocycles. The van der Waals surface area contributed by atoms with Gasteiger partial charge in [0.15, 0.2) is 0 Å². The number of benzene rings is 6. The summed E-state index contributed by atoms with van der Waals surface area (Å²) in [4.78, 5) is 54.5. The van der Waals surface area contributed by atoms with Gasteiger partial charge >= 0.3 is 39.2 Å². The van der Waals surface area contributed by atoms with Crippen molar-refractivity contribution in [3.63, 3.8) is 0 Å². The quantitative estimate of drug-likeness (QED) is 0.0858. The molecule has 16 rings (SSSR count). The Labute approximate surface area is 784 Å². The number of halogens is 3. The van der Waals surface area contributed by atoms with Gasteiger partial charge in [0, 0.05) is 11.6 Å². The number of nitrogens with zero attached hydrogens (tertiary/aromatic N) is 8. The molecule has 15 heteroatoms. The third-order valence-electron chi connectivity index (χ3n) is 24.0. The maximum Gasteiger partial charge on any atom is 2.00 e. The summed E-state index contributed by atoms with van der Waals surface area (Å²) in [5.74, 6) is 10.9. The number of carbonyl (C=O) groups excluding carboxylic acids is 1. The third-order valence-corrected chi connectivity index (χ3v) is 24.0. The first-order valence-electron chi connectivity index (χ1n) is 43.9. The molecule has 12 aromatic rings. The number of aromatic nitrogens is 8. The van der Waals surface area contributed by atoms with E-state index in [1.807, 2.05) is 6.42 Å². The molecule has 4 aliphatic rings. The summed E-state index contributed by atoms with van der Waals surface area (Å²) in [6.07, 6.45) is 13.8. The fourth-order valence-corrected chi connectivity index (χ4v) is 16.2. The van der Waals surface area contributed by atoms with E-state index in [4.69, 9.17) is 49.8 Å². The van der Waals surface area contributed by atoms with E-state index in [1.54, 1.807) is 0 Å². The molecule has 0 spiro atoms. The Hall–Kier alpha value is -12.2. The molecule has 130 heavy (non-hydrogen) atoms. The standard InChI is InChI=1S/C113H111N8.C2HF3O2.2Ni/c1-106(2,3)74-56-70(57-75(64-74)107(4,5)6)102-92-44-40-84(114-92)82(85-41-45-93(115-85)103(71-58-76(108(7,8)9)65-77(59-71)109(10,11)12)97-53-49-89(119-97)100(68-34-28-25-29-35-68)88-48-52-96(102)118-88)38-32-27-33-39-83-86-42-46-94(116-86)104(72-60-78(110(13,14)15)66-79(61-72)111(16,17)18)98-54-50-90(120-98)101(69-36-30-26-31-37-69)91-51-55-99(121-91)105(95-47-43-87(83)117-95)73-62-80(112(19,20)21)67-81(63-73)113(22,23)24;3-2(4,5)1(6)7;;/h25-26,28-31,34-38,40-67H,1-24H3;(H,6,7);;/q-3;;2*+2/p-1. The van der Waals surface area contributed by atoms with Gasteiger partial charge in [0.2, 0.25) is 0 Å². The molecule has 6 aromatic carbocycles. The second kappa shape index (κ2) is 35.6. The molecule has 10 nitrogen and oxygen atoms in total. The SMILES string of the molecule is CC(C)(C)c1cc(-c2c3nc(c(-c4ccccc4)c4ccc([n-]4)c(-c4cc(C(C)(C)C)cc(C(C)(C)C)c4)c4nc(c(C#CC#C[CH+]c5c6nc(c(-c7cc(C(C)(C)C)cc(C(C)(C)C)c7)c7ccc([n-]7)c(-c7ccccc7)c7nc(c(-c8cc(C(C)(C)C)cc(C(C)(C)C)c8)c8ccc5[n-]8)C=C7)C=C6)c5ccc2[n-]5)C=C4)C=C3)cc(C(C)(C)C)c1.O=C([O-])C(F)(F)F.[Ni+2].[Ni+2]. The first-order chi connectivity index (χ1) is 59.9. The normalized spacial score (nSPS) is 12.9. The average molecular weight is 1810 g/mol. The van der Waals surface area contributed by atoms with E-state index in [-0.39, 0.29) is 76.3 Å². The average Bonchev–Trinajstić information content (AvgIpc) is 1.61. The van der Waals surface area contributed by atoms with E-state index >= 15 is 0 Å². The second-order valence-corrected chi connectivity index (χ2v) is 42.1. The Kier molecular flexibility index (Phi) is 26.1. The van der Waals surface area contributed by atoms with Gasteiger partial charge in [-0.15, -0.1) is 38.6 Å². The van der Waals surface area contributed by atoms with Crippen molar-refractivity contribution in [2.24, 2.45) is 0 Å². The van der Waals surface area contributed by atoms with Crippen LogP contribution < -0.4 is 25.0 Å². The predicted molar refractivity (Wildman–Crippen MR) is 525 cm³/mol. The van der Waals surface area contributed by atoms with Crippen LogP contribution in [0.4, 0.5) is 13.2 Å². The molecule has 4 aliphatic heterocycles. The molecule has 16 bridgehead atoms. The first kappa shape index (κ1) is 95.3. The molecule has 10 heterocycles. The zero-order valence-electron chi connectivity index (χ0n) is 78.7. The summed E-state index contributed by atoms with van der Waals surface area (Å²) in [5, 5.41) is 8.78. The van der Waals surface area contributed by atoms with Crippen LogP contribution in [0.2, 0.25) is 0 Å². The van der Waals surface area contributed by atoms with E-state index in [1.165, 1.54) is 44.5 Å². The van der Waals surface area contributed by atoms with Gasteiger partial charge in [-0.25, -0.2) is 15.0 Å². The molecule has 0 unspecified atom stereocenters. The number of carbonyl (C=O) groups is 1. The second-order valence-electron chi connectivity index (χ2n) is 42.1. The summed E-state index contributed by atoms with van der Waals surface area (Å²) in [6, 6.07) is 66.3. The fraction of sp³-hybridized carbons (Fsp3) is 0.287. The van der Waals surface area contributed by atoms with Gasteiger partial charge in [0.05, 0.1) is 58.1 Å². The summed E-state index contributed by atoms with van der Waals surface area (Å²) < 4.78 is 31.5. The van der Waals surface area contributed by atoms with Crippen LogP contribution in [-0.4, -0.2) is 32.1 Å². The Balaban J connectivity index is 0.00000154. The number of alkyl halides is 3. The van der Waals surface area contributed by atoms with Crippen molar-refractivity contribution < 1.29 is 56.1 Å². The largest absolute Gasteiger partial charge is 2.00 e. The molecule has 664 valence electrons. The minimum Gasteiger partial charge on any atom is -0.657 e. The van der Waals surface area contributed by atoms with Crippen molar-refractivity contribution in [2.75, 3.05) is 0 Å². The van der Waals surface area contributed by atoms with E-state index in [2.05, 4.69) is 420 Å². The number of hydrogen-bond acceptors (Lipinski definition) is 6. The fourth-order valence-electron chi connectivity index (χ4n) is 16.2. The Morgan fingerprint density at radius 1 is 0.285 bits per heavy atom. The van der Waals surface area contributed by atoms with Crippen molar-refractivity contribution >= 4 is 98.7 Å². The van der Waals surface area contributed by atoms with Gasteiger partial charge < -0.3 is 29.8 Å². The minimum atomic E-state index is -5.19. The minimum absolute atomic E-state index is 0. The molecule has 0 radical (unpaired) electrons. The summed E-state index contributed by atoms with van der Waals surface area (Å²) in [6.45, 7) is 54.8. The Bertz CT molecular complexity index is 6840. The molecule has 0 fully saturated rings. The Morgan fingerprint density at radius 2 is 0.500 bits per heavy atom. The molecule has 0 saturated carbocycles. The third kappa shape index (κ3) is 20.3. The number of hydrogen-bond donors (Lipinski definition) is 0. The van der Waals surface area contributed by atoms with Crippen molar-refractivity contribution in [3.8, 4) is 90.4 Å². The van der Waals surface area contributed by atoms with Crippen LogP contribution in [0, 0.1) is 30.1 Å². The zero-order valence-corrected chi connectivity index (χ0v) is 80.7. The first-order valence-corrected chi connectivity index (χ1v) is 43.9. The van der Waals surface area contributed by atoms with Gasteiger partial charge in [-0.3, -0.25) is 0 Å². The molecule has 0 saturated heterocycles. The zero-order chi connectivity index (χ0) is 92.1. The molecular weight excluding hydrogens is 1700 g/mol. The van der Waals surface area contributed by atoms with Gasteiger partial charge in [0.1, 0.15) is 23.1 Å².